The normalized spacial score (nSPS) is 10.0. The van der Waals surface area contributed by atoms with E-state index in [4.69, 9.17) is 0 Å². The van der Waals surface area contributed by atoms with Gasteiger partial charge in [0.2, 0.25) is 5.95 Å². The number of nitrogens with one attached hydrogen (secondary N) is 2. The van der Waals surface area contributed by atoms with Crippen LogP contribution in [0, 0.1) is 13.8 Å². The lowest BCUT2D eigenvalue weighted by Gasteiger charge is -2.07. The van der Waals surface area contributed by atoms with Crippen molar-refractivity contribution in [1.82, 2.24) is 15.3 Å². The van der Waals surface area contributed by atoms with Crippen LogP contribution in [0.1, 0.15) is 21.5 Å². The van der Waals surface area contributed by atoms with Crippen LogP contribution in [-0.2, 0) is 0 Å². The topological polar surface area (TPSA) is 66.9 Å². The number of carbonyl (C=O) groups is 1. The number of carbonyl (C=O) groups excluding carboxylic acids is 1. The molecule has 5 heteroatoms. The maximum Gasteiger partial charge on any atom is 0.254 e. The summed E-state index contributed by atoms with van der Waals surface area (Å²) in [4.78, 5) is 20.0. The van der Waals surface area contributed by atoms with Gasteiger partial charge in [-0.15, -0.1) is 6.58 Å². The molecule has 2 N–H and O–H groups in total. The van der Waals surface area contributed by atoms with Gasteiger partial charge in [0.15, 0.2) is 0 Å². The zero-order valence-electron chi connectivity index (χ0n) is 12.2. The molecule has 1 amide bonds. The molecule has 2 rings (SSSR count). The van der Waals surface area contributed by atoms with Crippen molar-refractivity contribution in [2.45, 2.75) is 13.8 Å². The highest BCUT2D eigenvalue weighted by molar-refractivity contribution is 5.93. The van der Waals surface area contributed by atoms with Crippen LogP contribution in [-0.4, -0.2) is 22.4 Å². The van der Waals surface area contributed by atoms with Crippen LogP contribution in [0.5, 0.6) is 0 Å². The Morgan fingerprint density at radius 1 is 1.19 bits per heavy atom. The van der Waals surface area contributed by atoms with Crippen molar-refractivity contribution in [2.24, 2.45) is 0 Å². The van der Waals surface area contributed by atoms with Gasteiger partial charge >= 0.3 is 0 Å². The maximum atomic E-state index is 11.7. The SMILES string of the molecule is C=CCNC(=O)c1cnc(Nc2cc(C)cc(C)c2)nc1. The van der Waals surface area contributed by atoms with Gasteiger partial charge in [-0.3, -0.25) is 4.79 Å². The van der Waals surface area contributed by atoms with E-state index in [1.165, 1.54) is 12.4 Å². The molecule has 0 radical (unpaired) electrons. The minimum atomic E-state index is -0.215. The van der Waals surface area contributed by atoms with E-state index in [2.05, 4.69) is 33.2 Å². The third-order valence-corrected chi connectivity index (χ3v) is 2.80. The molecule has 1 aromatic heterocycles. The molecule has 0 saturated heterocycles. The van der Waals surface area contributed by atoms with Crippen molar-refractivity contribution in [3.63, 3.8) is 0 Å². The molecule has 0 aliphatic carbocycles. The van der Waals surface area contributed by atoms with Crippen LogP contribution in [0.25, 0.3) is 0 Å². The molecule has 0 fully saturated rings. The summed E-state index contributed by atoms with van der Waals surface area (Å²) in [5, 5.41) is 5.80. The number of aromatic nitrogens is 2. The van der Waals surface area contributed by atoms with Crippen LogP contribution in [0.2, 0.25) is 0 Å². The van der Waals surface area contributed by atoms with E-state index in [9.17, 15) is 4.79 Å². The monoisotopic (exact) mass is 282 g/mol. The van der Waals surface area contributed by atoms with E-state index >= 15 is 0 Å². The zero-order valence-corrected chi connectivity index (χ0v) is 12.2. The van der Waals surface area contributed by atoms with Gasteiger partial charge in [0, 0.05) is 24.6 Å². The Labute approximate surface area is 124 Å². The molecule has 1 aromatic carbocycles. The summed E-state index contributed by atoms with van der Waals surface area (Å²) in [5.41, 5.74) is 3.68. The summed E-state index contributed by atoms with van der Waals surface area (Å²) < 4.78 is 0. The lowest BCUT2D eigenvalue weighted by atomic mass is 10.1. The minimum absolute atomic E-state index is 0.215. The zero-order chi connectivity index (χ0) is 15.2. The average molecular weight is 282 g/mol. The van der Waals surface area contributed by atoms with Gasteiger partial charge in [0.25, 0.3) is 5.91 Å². The first-order chi connectivity index (χ1) is 10.1. The molecule has 108 valence electrons. The van der Waals surface area contributed by atoms with Crippen molar-refractivity contribution in [1.29, 1.82) is 0 Å². The minimum Gasteiger partial charge on any atom is -0.348 e. The molecule has 2 aromatic rings. The number of hydrogen-bond acceptors (Lipinski definition) is 4. The second-order valence-electron chi connectivity index (χ2n) is 4.80. The Hall–Kier alpha value is -2.69. The highest BCUT2D eigenvalue weighted by atomic mass is 16.1. The van der Waals surface area contributed by atoms with Crippen molar-refractivity contribution in [3.05, 3.63) is 59.9 Å². The van der Waals surface area contributed by atoms with Gasteiger partial charge in [-0.25, -0.2) is 9.97 Å². The van der Waals surface area contributed by atoms with Gasteiger partial charge in [-0.2, -0.15) is 0 Å². The molecule has 1 heterocycles. The lowest BCUT2D eigenvalue weighted by molar-refractivity contribution is 0.0957. The second kappa shape index (κ2) is 6.65. The Morgan fingerprint density at radius 2 is 1.81 bits per heavy atom. The molecular weight excluding hydrogens is 264 g/mol. The third-order valence-electron chi connectivity index (χ3n) is 2.80. The fraction of sp³-hybridized carbons (Fsp3) is 0.188. The summed E-state index contributed by atoms with van der Waals surface area (Å²) in [6, 6.07) is 6.13. The molecule has 0 atom stereocenters. The van der Waals surface area contributed by atoms with Crippen molar-refractivity contribution >= 4 is 17.5 Å². The van der Waals surface area contributed by atoms with E-state index in [0.717, 1.165) is 16.8 Å². The standard InChI is InChI=1S/C16H18N4O/c1-4-5-17-15(21)13-9-18-16(19-10-13)20-14-7-11(2)6-12(3)8-14/h4,6-10H,1,5H2,2-3H3,(H,17,21)(H,18,19,20). The molecule has 0 unspecified atom stereocenters. The largest absolute Gasteiger partial charge is 0.348 e. The smallest absolute Gasteiger partial charge is 0.254 e. The van der Waals surface area contributed by atoms with Gasteiger partial charge in [-0.05, 0) is 37.1 Å². The molecule has 0 aliphatic heterocycles. The number of amides is 1. The van der Waals surface area contributed by atoms with Crippen molar-refractivity contribution in [3.8, 4) is 0 Å². The molecular formula is C16H18N4O. The van der Waals surface area contributed by atoms with E-state index in [1.54, 1.807) is 6.08 Å². The number of hydrogen-bond donors (Lipinski definition) is 2. The van der Waals surface area contributed by atoms with Gasteiger partial charge in [0.05, 0.1) is 5.56 Å². The summed E-state index contributed by atoms with van der Waals surface area (Å²) in [7, 11) is 0. The fourth-order valence-electron chi connectivity index (χ4n) is 1.95. The Balaban J connectivity index is 2.08. The highest BCUT2D eigenvalue weighted by Gasteiger charge is 2.06. The molecule has 21 heavy (non-hydrogen) atoms. The van der Waals surface area contributed by atoms with E-state index in [-0.39, 0.29) is 5.91 Å². The van der Waals surface area contributed by atoms with Crippen LogP contribution in [0.15, 0.2) is 43.2 Å². The lowest BCUT2D eigenvalue weighted by Crippen LogP contribution is -2.23. The van der Waals surface area contributed by atoms with Gasteiger partial charge in [0.1, 0.15) is 0 Å². The second-order valence-corrected chi connectivity index (χ2v) is 4.80. The third kappa shape index (κ3) is 4.14. The van der Waals surface area contributed by atoms with Crippen molar-refractivity contribution < 1.29 is 4.79 Å². The van der Waals surface area contributed by atoms with Crippen LogP contribution < -0.4 is 10.6 Å². The van der Waals surface area contributed by atoms with Gasteiger partial charge in [-0.1, -0.05) is 12.1 Å². The van der Waals surface area contributed by atoms with E-state index in [1.807, 2.05) is 26.0 Å². The Morgan fingerprint density at radius 3 is 2.38 bits per heavy atom. The molecule has 0 spiro atoms. The Kier molecular flexibility index (Phi) is 4.66. The van der Waals surface area contributed by atoms with E-state index in [0.29, 0.717) is 18.1 Å². The van der Waals surface area contributed by atoms with Crippen LogP contribution >= 0.6 is 0 Å². The first kappa shape index (κ1) is 14.7. The summed E-state index contributed by atoms with van der Waals surface area (Å²) in [6.07, 6.45) is 4.61. The van der Waals surface area contributed by atoms with E-state index < -0.39 is 0 Å². The van der Waals surface area contributed by atoms with Crippen molar-refractivity contribution in [2.75, 3.05) is 11.9 Å². The molecule has 0 bridgehead atoms. The molecule has 0 aliphatic rings. The number of anilines is 2. The number of benzene rings is 1. The number of nitrogens with zero attached hydrogens (tertiary/aromatic N) is 2. The quantitative estimate of drug-likeness (QED) is 0.827. The van der Waals surface area contributed by atoms with Gasteiger partial charge < -0.3 is 10.6 Å². The fourth-order valence-corrected chi connectivity index (χ4v) is 1.95. The average Bonchev–Trinajstić information content (AvgIpc) is 2.44. The predicted octanol–water partition coefficient (Wildman–Crippen LogP) is 2.75. The first-order valence-electron chi connectivity index (χ1n) is 6.65. The summed E-state index contributed by atoms with van der Waals surface area (Å²) in [6.45, 7) is 8.03. The summed E-state index contributed by atoms with van der Waals surface area (Å²) in [5.74, 6) is 0.244. The van der Waals surface area contributed by atoms with Crippen LogP contribution in [0.4, 0.5) is 11.6 Å². The highest BCUT2D eigenvalue weighted by Crippen LogP contribution is 2.16. The Bertz CT molecular complexity index is 630. The maximum absolute atomic E-state index is 11.7. The molecule has 5 nitrogen and oxygen atoms in total. The number of aryl methyl sites for hydroxylation is 2. The predicted molar refractivity (Wildman–Crippen MR) is 83.8 cm³/mol. The molecule has 0 saturated carbocycles. The summed E-state index contributed by atoms with van der Waals surface area (Å²) >= 11 is 0. The van der Waals surface area contributed by atoms with Crippen LogP contribution in [0.3, 0.4) is 0 Å². The first-order valence-corrected chi connectivity index (χ1v) is 6.65. The number of rotatable bonds is 5.